The fourth-order valence-electron chi connectivity index (χ4n) is 1.98. The molecule has 1 aromatic heterocycles. The van der Waals surface area contributed by atoms with Gasteiger partial charge >= 0.3 is 5.97 Å². The molecule has 0 aliphatic carbocycles. The lowest BCUT2D eigenvalue weighted by atomic mass is 10.2. The average Bonchev–Trinajstić information content (AvgIpc) is 2.55. The highest BCUT2D eigenvalue weighted by Crippen LogP contribution is 2.03. The number of carboxylic acids is 1. The van der Waals surface area contributed by atoms with Crippen molar-refractivity contribution in [3.8, 4) is 5.69 Å². The second-order valence-electron chi connectivity index (χ2n) is 4.91. The maximum atomic E-state index is 12.0. The molecule has 120 valence electrons. The van der Waals surface area contributed by atoms with Crippen molar-refractivity contribution in [2.24, 2.45) is 0 Å². The number of nitrogens with one attached hydrogen (secondary N) is 1. The van der Waals surface area contributed by atoms with E-state index in [0.29, 0.717) is 25.1 Å². The molecular weight excluding hydrogens is 298 g/mol. The van der Waals surface area contributed by atoms with Crippen LogP contribution in [0.5, 0.6) is 0 Å². The lowest BCUT2D eigenvalue weighted by molar-refractivity contribution is -0.137. The van der Waals surface area contributed by atoms with Crippen molar-refractivity contribution in [3.05, 3.63) is 58.5 Å². The van der Waals surface area contributed by atoms with E-state index in [1.165, 1.54) is 16.8 Å². The Morgan fingerprint density at radius 1 is 1.09 bits per heavy atom. The summed E-state index contributed by atoms with van der Waals surface area (Å²) in [5.41, 5.74) is 0.384. The second-order valence-corrected chi connectivity index (χ2v) is 4.91. The second kappa shape index (κ2) is 7.88. The van der Waals surface area contributed by atoms with Gasteiger partial charge in [0.25, 0.3) is 11.5 Å². The van der Waals surface area contributed by atoms with Gasteiger partial charge in [0.2, 0.25) is 0 Å². The van der Waals surface area contributed by atoms with Crippen LogP contribution in [0.4, 0.5) is 0 Å². The van der Waals surface area contributed by atoms with Gasteiger partial charge in [-0.1, -0.05) is 18.2 Å². The van der Waals surface area contributed by atoms with Crippen molar-refractivity contribution in [2.45, 2.75) is 19.3 Å². The standard InChI is InChI=1S/C16H17N3O4/c20-14-10-9-13(16(23)17-11-5-4-8-15(21)22)18-19(14)12-6-2-1-3-7-12/h1-3,6-7,9-10H,4-5,8,11H2,(H,17,23)(H,21,22). The van der Waals surface area contributed by atoms with Gasteiger partial charge in [-0.3, -0.25) is 14.4 Å². The first kappa shape index (κ1) is 16.4. The van der Waals surface area contributed by atoms with E-state index in [4.69, 9.17) is 5.11 Å². The number of unbranched alkanes of at least 4 members (excludes halogenated alkanes) is 1. The van der Waals surface area contributed by atoms with Crippen molar-refractivity contribution >= 4 is 11.9 Å². The molecule has 0 aliphatic heterocycles. The topological polar surface area (TPSA) is 101 Å². The summed E-state index contributed by atoms with van der Waals surface area (Å²) in [5.74, 6) is -1.25. The highest BCUT2D eigenvalue weighted by atomic mass is 16.4. The van der Waals surface area contributed by atoms with Crippen molar-refractivity contribution < 1.29 is 14.7 Å². The van der Waals surface area contributed by atoms with E-state index in [0.717, 1.165) is 0 Å². The minimum atomic E-state index is -0.854. The largest absolute Gasteiger partial charge is 0.481 e. The van der Waals surface area contributed by atoms with Gasteiger partial charge in [0, 0.05) is 19.0 Å². The lowest BCUT2D eigenvalue weighted by Crippen LogP contribution is -2.29. The number of hydrogen-bond acceptors (Lipinski definition) is 4. The smallest absolute Gasteiger partial charge is 0.303 e. The molecule has 1 amide bonds. The van der Waals surface area contributed by atoms with Crippen molar-refractivity contribution in [3.63, 3.8) is 0 Å². The van der Waals surface area contributed by atoms with Crippen LogP contribution in [0.1, 0.15) is 29.8 Å². The van der Waals surface area contributed by atoms with Gasteiger partial charge in [-0.25, -0.2) is 0 Å². The first-order chi connectivity index (χ1) is 11.1. The van der Waals surface area contributed by atoms with Gasteiger partial charge in [-0.15, -0.1) is 0 Å². The van der Waals surface area contributed by atoms with E-state index in [1.807, 2.05) is 6.07 Å². The van der Waals surface area contributed by atoms with Crippen molar-refractivity contribution in [2.75, 3.05) is 6.54 Å². The molecular formula is C16H17N3O4. The summed E-state index contributed by atoms with van der Waals surface area (Å²) in [4.78, 5) is 34.3. The number of rotatable bonds is 7. The van der Waals surface area contributed by atoms with Crippen LogP contribution in [0, 0.1) is 0 Å². The highest BCUT2D eigenvalue weighted by Gasteiger charge is 2.10. The van der Waals surface area contributed by atoms with Gasteiger partial charge in [0.1, 0.15) is 5.69 Å². The Bertz CT molecular complexity index is 740. The number of nitrogens with zero attached hydrogens (tertiary/aromatic N) is 2. The maximum absolute atomic E-state index is 12.0. The highest BCUT2D eigenvalue weighted by molar-refractivity contribution is 5.92. The molecule has 2 aromatic rings. The molecule has 0 unspecified atom stereocenters. The van der Waals surface area contributed by atoms with Crippen LogP contribution < -0.4 is 10.9 Å². The van der Waals surface area contributed by atoms with Crippen molar-refractivity contribution in [1.82, 2.24) is 15.1 Å². The summed E-state index contributed by atoms with van der Waals surface area (Å²) in [7, 11) is 0. The summed E-state index contributed by atoms with van der Waals surface area (Å²) in [6.45, 7) is 0.359. The van der Waals surface area contributed by atoms with Crippen LogP contribution in [0.3, 0.4) is 0 Å². The SMILES string of the molecule is O=C(O)CCCCNC(=O)c1ccc(=O)n(-c2ccccc2)n1. The summed E-state index contributed by atoms with van der Waals surface area (Å²) >= 11 is 0. The third-order valence-corrected chi connectivity index (χ3v) is 3.14. The van der Waals surface area contributed by atoms with Crippen LogP contribution in [0.15, 0.2) is 47.3 Å². The minimum absolute atomic E-state index is 0.0764. The molecule has 0 atom stereocenters. The maximum Gasteiger partial charge on any atom is 0.303 e. The molecule has 0 aliphatic rings. The zero-order valence-electron chi connectivity index (χ0n) is 12.4. The Balaban J connectivity index is 2.02. The molecule has 1 aromatic carbocycles. The number of carbonyl (C=O) groups is 2. The molecule has 0 radical (unpaired) electrons. The van der Waals surface area contributed by atoms with E-state index >= 15 is 0 Å². The molecule has 0 saturated carbocycles. The predicted molar refractivity (Wildman–Crippen MR) is 83.7 cm³/mol. The summed E-state index contributed by atoms with van der Waals surface area (Å²) < 4.78 is 1.17. The lowest BCUT2D eigenvalue weighted by Gasteiger charge is -2.07. The van der Waals surface area contributed by atoms with Gasteiger partial charge < -0.3 is 10.4 Å². The van der Waals surface area contributed by atoms with E-state index in [2.05, 4.69) is 10.4 Å². The number of aliphatic carboxylic acids is 1. The average molecular weight is 315 g/mol. The zero-order chi connectivity index (χ0) is 16.7. The molecule has 0 spiro atoms. The van der Waals surface area contributed by atoms with E-state index < -0.39 is 11.9 Å². The number of aromatic nitrogens is 2. The van der Waals surface area contributed by atoms with Gasteiger partial charge in [0.05, 0.1) is 5.69 Å². The Labute approximate surface area is 132 Å². The third-order valence-electron chi connectivity index (χ3n) is 3.14. The molecule has 7 nitrogen and oxygen atoms in total. The molecule has 0 fully saturated rings. The number of benzene rings is 1. The first-order valence-corrected chi connectivity index (χ1v) is 7.24. The molecule has 1 heterocycles. The molecule has 0 bridgehead atoms. The Morgan fingerprint density at radius 3 is 2.52 bits per heavy atom. The fourth-order valence-corrected chi connectivity index (χ4v) is 1.98. The quantitative estimate of drug-likeness (QED) is 0.748. The fraction of sp³-hybridized carbons (Fsp3) is 0.250. The summed E-state index contributed by atoms with van der Waals surface area (Å²) in [6, 6.07) is 11.5. The minimum Gasteiger partial charge on any atom is -0.481 e. The van der Waals surface area contributed by atoms with Crippen LogP contribution in [0.2, 0.25) is 0 Å². The Morgan fingerprint density at radius 2 is 1.83 bits per heavy atom. The number of hydrogen-bond donors (Lipinski definition) is 2. The Kier molecular flexibility index (Phi) is 5.62. The van der Waals surface area contributed by atoms with E-state index in [9.17, 15) is 14.4 Å². The Hall–Kier alpha value is -2.96. The number of amides is 1. The van der Waals surface area contributed by atoms with Crippen LogP contribution >= 0.6 is 0 Å². The van der Waals surface area contributed by atoms with Gasteiger partial charge in [-0.05, 0) is 31.0 Å². The van der Waals surface area contributed by atoms with Crippen LogP contribution in [0.25, 0.3) is 5.69 Å². The van der Waals surface area contributed by atoms with Crippen LogP contribution in [-0.4, -0.2) is 33.3 Å². The molecule has 23 heavy (non-hydrogen) atoms. The van der Waals surface area contributed by atoms with E-state index in [1.54, 1.807) is 24.3 Å². The first-order valence-electron chi connectivity index (χ1n) is 7.24. The molecule has 7 heteroatoms. The summed E-state index contributed by atoms with van der Waals surface area (Å²) in [6.07, 6.45) is 1.13. The number of para-hydroxylation sites is 1. The summed E-state index contributed by atoms with van der Waals surface area (Å²) in [5, 5.41) is 15.3. The van der Waals surface area contributed by atoms with Crippen molar-refractivity contribution in [1.29, 1.82) is 0 Å². The molecule has 2 N–H and O–H groups in total. The predicted octanol–water partition coefficient (Wildman–Crippen LogP) is 1.22. The number of carbonyl (C=O) groups excluding carboxylic acids is 1. The number of carboxylic acid groups (broad SMARTS) is 1. The molecule has 0 saturated heterocycles. The third kappa shape index (κ3) is 4.77. The van der Waals surface area contributed by atoms with Crippen LogP contribution in [-0.2, 0) is 4.79 Å². The monoisotopic (exact) mass is 315 g/mol. The zero-order valence-corrected chi connectivity index (χ0v) is 12.4. The van der Waals surface area contributed by atoms with E-state index in [-0.39, 0.29) is 17.7 Å². The van der Waals surface area contributed by atoms with Gasteiger partial charge in [-0.2, -0.15) is 9.78 Å². The normalized spacial score (nSPS) is 10.3. The molecule has 2 rings (SSSR count). The van der Waals surface area contributed by atoms with Gasteiger partial charge in [0.15, 0.2) is 0 Å².